The predicted molar refractivity (Wildman–Crippen MR) is 68.0 cm³/mol. The van der Waals surface area contributed by atoms with Gasteiger partial charge in [-0.05, 0) is 11.6 Å². The number of hydrogen-bond donors (Lipinski definition) is 3. The third-order valence-corrected chi connectivity index (χ3v) is 2.86. The zero-order chi connectivity index (χ0) is 14.6. The van der Waals surface area contributed by atoms with Crippen molar-refractivity contribution >= 4 is 11.9 Å². The molecule has 0 aliphatic rings. The maximum atomic E-state index is 13.7. The molecule has 0 heterocycles. The maximum absolute atomic E-state index is 13.7. The van der Waals surface area contributed by atoms with Gasteiger partial charge in [-0.2, -0.15) is 0 Å². The number of carbonyl (C=O) groups is 2. The number of carbonyl (C=O) groups excluding carboxylic acids is 1. The molecule has 6 heteroatoms. The number of aliphatic carboxylic acids is 1. The van der Waals surface area contributed by atoms with Crippen LogP contribution in [0.2, 0.25) is 0 Å². The first-order chi connectivity index (χ1) is 8.75. The molecule has 1 aromatic rings. The highest BCUT2D eigenvalue weighted by Crippen LogP contribution is 2.24. The quantitative estimate of drug-likeness (QED) is 0.683. The van der Waals surface area contributed by atoms with Gasteiger partial charge in [0.25, 0.3) is 0 Å². The lowest BCUT2D eigenvalue weighted by Gasteiger charge is -2.26. The standard InChI is InChI=1S/C13H17FN2O3/c1-13(2,8-5-3-4-6-9(8)14)7-16-11(17)10(15)12(18)19/h3-6,10H,7,15H2,1-2H3,(H,16,17)(H,18,19). The molecule has 1 aromatic carbocycles. The van der Waals surface area contributed by atoms with Crippen molar-refractivity contribution in [3.05, 3.63) is 35.6 Å². The van der Waals surface area contributed by atoms with Gasteiger partial charge in [-0.25, -0.2) is 9.18 Å². The second kappa shape index (κ2) is 5.79. The molecule has 0 saturated carbocycles. The summed E-state index contributed by atoms with van der Waals surface area (Å²) in [5, 5.41) is 11.0. The normalized spacial score (nSPS) is 12.8. The van der Waals surface area contributed by atoms with Crippen molar-refractivity contribution in [2.45, 2.75) is 25.3 Å². The highest BCUT2D eigenvalue weighted by atomic mass is 19.1. The van der Waals surface area contributed by atoms with Gasteiger partial charge < -0.3 is 16.2 Å². The lowest BCUT2D eigenvalue weighted by atomic mass is 9.84. The van der Waals surface area contributed by atoms with Crippen LogP contribution in [0.15, 0.2) is 24.3 Å². The van der Waals surface area contributed by atoms with Gasteiger partial charge in [0, 0.05) is 12.0 Å². The Kier molecular flexibility index (Phi) is 4.61. The highest BCUT2D eigenvalue weighted by molar-refractivity contribution is 6.00. The molecule has 104 valence electrons. The highest BCUT2D eigenvalue weighted by Gasteiger charge is 2.27. The van der Waals surface area contributed by atoms with E-state index in [1.165, 1.54) is 6.07 Å². The molecule has 1 unspecified atom stereocenters. The first-order valence-electron chi connectivity index (χ1n) is 5.77. The van der Waals surface area contributed by atoms with Gasteiger partial charge in [0.1, 0.15) is 5.82 Å². The van der Waals surface area contributed by atoms with Gasteiger partial charge in [-0.15, -0.1) is 0 Å². The van der Waals surface area contributed by atoms with Gasteiger partial charge >= 0.3 is 5.97 Å². The van der Waals surface area contributed by atoms with E-state index in [0.717, 1.165) is 0 Å². The number of carboxylic acids is 1. The van der Waals surface area contributed by atoms with Crippen LogP contribution in [0, 0.1) is 5.82 Å². The van der Waals surface area contributed by atoms with Crippen LogP contribution >= 0.6 is 0 Å². The van der Waals surface area contributed by atoms with Crippen LogP contribution in [-0.4, -0.2) is 29.6 Å². The third-order valence-electron chi connectivity index (χ3n) is 2.86. The molecular weight excluding hydrogens is 251 g/mol. The van der Waals surface area contributed by atoms with Crippen molar-refractivity contribution in [2.24, 2.45) is 5.73 Å². The van der Waals surface area contributed by atoms with Gasteiger partial charge in [0.15, 0.2) is 6.04 Å². The lowest BCUT2D eigenvalue weighted by molar-refractivity contribution is -0.142. The van der Waals surface area contributed by atoms with E-state index < -0.39 is 23.3 Å². The number of rotatable bonds is 5. The van der Waals surface area contributed by atoms with Crippen LogP contribution in [-0.2, 0) is 15.0 Å². The van der Waals surface area contributed by atoms with E-state index >= 15 is 0 Å². The van der Waals surface area contributed by atoms with E-state index in [1.807, 2.05) is 0 Å². The fourth-order valence-electron chi connectivity index (χ4n) is 1.64. The second-order valence-corrected chi connectivity index (χ2v) is 4.90. The van der Waals surface area contributed by atoms with Gasteiger partial charge in [0.2, 0.25) is 5.91 Å². The summed E-state index contributed by atoms with van der Waals surface area (Å²) in [5.74, 6) is -2.57. The van der Waals surface area contributed by atoms with E-state index in [2.05, 4.69) is 5.32 Å². The van der Waals surface area contributed by atoms with Gasteiger partial charge in [0.05, 0.1) is 0 Å². The number of halogens is 1. The number of nitrogens with two attached hydrogens (primary N) is 1. The summed E-state index contributed by atoms with van der Waals surface area (Å²) < 4.78 is 13.7. The van der Waals surface area contributed by atoms with E-state index in [-0.39, 0.29) is 12.4 Å². The molecule has 19 heavy (non-hydrogen) atoms. The van der Waals surface area contributed by atoms with Crippen LogP contribution in [0.5, 0.6) is 0 Å². The Labute approximate surface area is 110 Å². The number of nitrogens with one attached hydrogen (secondary N) is 1. The second-order valence-electron chi connectivity index (χ2n) is 4.90. The average Bonchev–Trinajstić information content (AvgIpc) is 2.35. The average molecular weight is 268 g/mol. The Morgan fingerprint density at radius 2 is 2.00 bits per heavy atom. The summed E-state index contributed by atoms with van der Waals surface area (Å²) >= 11 is 0. The summed E-state index contributed by atoms with van der Waals surface area (Å²) in [7, 11) is 0. The number of benzene rings is 1. The molecule has 5 nitrogen and oxygen atoms in total. The topological polar surface area (TPSA) is 92.4 Å². The molecular formula is C13H17FN2O3. The Morgan fingerprint density at radius 3 is 2.53 bits per heavy atom. The van der Waals surface area contributed by atoms with Crippen LogP contribution in [0.1, 0.15) is 19.4 Å². The first-order valence-corrected chi connectivity index (χ1v) is 5.77. The van der Waals surface area contributed by atoms with E-state index in [0.29, 0.717) is 5.56 Å². The summed E-state index contributed by atoms with van der Waals surface area (Å²) in [4.78, 5) is 22.0. The molecule has 0 aliphatic carbocycles. The first kappa shape index (κ1) is 15.1. The third kappa shape index (κ3) is 3.75. The van der Waals surface area contributed by atoms with E-state index in [4.69, 9.17) is 10.8 Å². The smallest absolute Gasteiger partial charge is 0.330 e. The van der Waals surface area contributed by atoms with Crippen molar-refractivity contribution in [1.29, 1.82) is 0 Å². The maximum Gasteiger partial charge on any atom is 0.330 e. The minimum absolute atomic E-state index is 0.0910. The van der Waals surface area contributed by atoms with Crippen LogP contribution in [0.3, 0.4) is 0 Å². The molecule has 0 aliphatic heterocycles. The Morgan fingerprint density at radius 1 is 1.42 bits per heavy atom. The van der Waals surface area contributed by atoms with E-state index in [1.54, 1.807) is 32.0 Å². The van der Waals surface area contributed by atoms with Crippen molar-refractivity contribution in [2.75, 3.05) is 6.54 Å². The summed E-state index contributed by atoms with van der Waals surface area (Å²) in [6.07, 6.45) is 0. The molecule has 0 saturated heterocycles. The summed E-state index contributed by atoms with van der Waals surface area (Å²) in [5.41, 5.74) is 4.95. The fraction of sp³-hybridized carbons (Fsp3) is 0.385. The van der Waals surface area contributed by atoms with Crippen molar-refractivity contribution in [3.8, 4) is 0 Å². The molecule has 4 N–H and O–H groups in total. The minimum Gasteiger partial charge on any atom is -0.480 e. The summed E-state index contributed by atoms with van der Waals surface area (Å²) in [6, 6.07) is 4.62. The molecule has 0 radical (unpaired) electrons. The molecule has 0 fully saturated rings. The van der Waals surface area contributed by atoms with E-state index in [9.17, 15) is 14.0 Å². The molecule has 0 spiro atoms. The predicted octanol–water partition coefficient (Wildman–Crippen LogP) is 0.631. The fourth-order valence-corrected chi connectivity index (χ4v) is 1.64. The molecule has 0 aromatic heterocycles. The van der Waals surface area contributed by atoms with Crippen molar-refractivity contribution < 1.29 is 19.1 Å². The summed E-state index contributed by atoms with van der Waals surface area (Å²) in [6.45, 7) is 3.59. The lowest BCUT2D eigenvalue weighted by Crippen LogP contribution is -2.49. The Balaban J connectivity index is 2.74. The molecule has 1 amide bonds. The monoisotopic (exact) mass is 268 g/mol. The minimum atomic E-state index is -1.61. The van der Waals surface area contributed by atoms with Crippen molar-refractivity contribution in [1.82, 2.24) is 5.32 Å². The number of amides is 1. The molecule has 0 bridgehead atoms. The zero-order valence-corrected chi connectivity index (χ0v) is 10.8. The molecule has 1 rings (SSSR count). The largest absolute Gasteiger partial charge is 0.480 e. The Hall–Kier alpha value is -1.95. The van der Waals surface area contributed by atoms with Gasteiger partial charge in [-0.1, -0.05) is 32.0 Å². The number of hydrogen-bond acceptors (Lipinski definition) is 3. The SMILES string of the molecule is CC(C)(CNC(=O)C(N)C(=O)O)c1ccccc1F. The molecule has 1 atom stereocenters. The van der Waals surface area contributed by atoms with Crippen LogP contribution < -0.4 is 11.1 Å². The van der Waals surface area contributed by atoms with Crippen LogP contribution in [0.4, 0.5) is 4.39 Å². The number of carboxylic acid groups (broad SMARTS) is 1. The van der Waals surface area contributed by atoms with Crippen LogP contribution in [0.25, 0.3) is 0 Å². The zero-order valence-electron chi connectivity index (χ0n) is 10.8. The Bertz CT molecular complexity index is 489. The van der Waals surface area contributed by atoms with Gasteiger partial charge in [-0.3, -0.25) is 4.79 Å². The van der Waals surface area contributed by atoms with Crippen molar-refractivity contribution in [3.63, 3.8) is 0 Å².